The highest BCUT2D eigenvalue weighted by atomic mass is 16.5. The van der Waals surface area contributed by atoms with Crippen LogP contribution in [-0.2, 0) is 0 Å². The maximum Gasteiger partial charge on any atom is 0.342 e. The van der Waals surface area contributed by atoms with Crippen LogP contribution < -0.4 is 4.74 Å². The molecule has 0 aliphatic rings. The first-order valence-electron chi connectivity index (χ1n) is 5.35. The second kappa shape index (κ2) is 4.83. The van der Waals surface area contributed by atoms with Crippen molar-refractivity contribution in [3.63, 3.8) is 0 Å². The van der Waals surface area contributed by atoms with E-state index in [-0.39, 0.29) is 11.4 Å². The zero-order valence-electron chi connectivity index (χ0n) is 10.0. The third-order valence-corrected chi connectivity index (χ3v) is 2.32. The molecule has 0 aliphatic carbocycles. The van der Waals surface area contributed by atoms with Crippen LogP contribution in [0.3, 0.4) is 0 Å². The molecule has 0 spiro atoms. The van der Waals surface area contributed by atoms with Gasteiger partial charge in [-0.15, -0.1) is 0 Å². The number of hydrogen-bond acceptors (Lipinski definition) is 4. The fourth-order valence-electron chi connectivity index (χ4n) is 1.65. The number of ether oxygens (including phenoxy) is 1. The number of hydrogen-bond donors (Lipinski definition) is 1. The number of aromatic carboxylic acids is 1. The Bertz CT molecular complexity index is 576. The largest absolute Gasteiger partial charge is 0.477 e. The zero-order valence-corrected chi connectivity index (χ0v) is 10.0. The van der Waals surface area contributed by atoms with Crippen molar-refractivity contribution in [2.45, 2.75) is 13.8 Å². The predicted molar refractivity (Wildman–Crippen MR) is 65.0 cm³/mol. The van der Waals surface area contributed by atoms with E-state index in [1.165, 1.54) is 12.5 Å². The molecule has 0 unspecified atom stereocenters. The molecule has 0 saturated carbocycles. The van der Waals surface area contributed by atoms with E-state index >= 15 is 0 Å². The SMILES string of the molecule is Cc1cc(C)cc(Oc2ncncc2C(=O)O)c1. The highest BCUT2D eigenvalue weighted by Crippen LogP contribution is 2.24. The van der Waals surface area contributed by atoms with Crippen LogP contribution in [0, 0.1) is 13.8 Å². The lowest BCUT2D eigenvalue weighted by atomic mass is 10.1. The quantitative estimate of drug-likeness (QED) is 0.898. The second-order valence-corrected chi connectivity index (χ2v) is 3.97. The molecule has 1 aromatic carbocycles. The van der Waals surface area contributed by atoms with Gasteiger partial charge in [0, 0.05) is 6.20 Å². The van der Waals surface area contributed by atoms with Crippen molar-refractivity contribution in [1.29, 1.82) is 0 Å². The van der Waals surface area contributed by atoms with E-state index in [2.05, 4.69) is 9.97 Å². The molecular formula is C13H12N2O3. The van der Waals surface area contributed by atoms with Gasteiger partial charge in [-0.05, 0) is 37.1 Å². The molecule has 18 heavy (non-hydrogen) atoms. The van der Waals surface area contributed by atoms with Gasteiger partial charge in [-0.3, -0.25) is 0 Å². The van der Waals surface area contributed by atoms with Gasteiger partial charge in [0.05, 0.1) is 0 Å². The summed E-state index contributed by atoms with van der Waals surface area (Å²) in [6.07, 6.45) is 2.47. The Hall–Kier alpha value is -2.43. The van der Waals surface area contributed by atoms with E-state index in [1.807, 2.05) is 32.0 Å². The fourth-order valence-corrected chi connectivity index (χ4v) is 1.65. The standard InChI is InChI=1S/C13H12N2O3/c1-8-3-9(2)5-10(4-8)18-12-11(13(16)17)6-14-7-15-12/h3-7H,1-2H3,(H,16,17). The monoisotopic (exact) mass is 244 g/mol. The van der Waals surface area contributed by atoms with Crippen LogP contribution in [0.15, 0.2) is 30.7 Å². The van der Waals surface area contributed by atoms with Gasteiger partial charge in [-0.2, -0.15) is 0 Å². The number of carboxylic acid groups (broad SMARTS) is 1. The Morgan fingerprint density at radius 3 is 2.50 bits per heavy atom. The first-order valence-corrected chi connectivity index (χ1v) is 5.35. The van der Waals surface area contributed by atoms with Crippen molar-refractivity contribution >= 4 is 5.97 Å². The van der Waals surface area contributed by atoms with Gasteiger partial charge in [0.15, 0.2) is 0 Å². The molecule has 0 radical (unpaired) electrons. The van der Waals surface area contributed by atoms with Gasteiger partial charge < -0.3 is 9.84 Å². The summed E-state index contributed by atoms with van der Waals surface area (Å²) in [6, 6.07) is 5.65. The number of carbonyl (C=O) groups is 1. The summed E-state index contributed by atoms with van der Waals surface area (Å²) in [5, 5.41) is 8.99. The summed E-state index contributed by atoms with van der Waals surface area (Å²) in [5.74, 6) is -0.508. The van der Waals surface area contributed by atoms with Crippen molar-refractivity contribution in [3.8, 4) is 11.6 Å². The Morgan fingerprint density at radius 1 is 1.22 bits per heavy atom. The van der Waals surface area contributed by atoms with Crippen LogP contribution in [0.25, 0.3) is 0 Å². The number of benzene rings is 1. The number of aromatic nitrogens is 2. The van der Waals surface area contributed by atoms with E-state index in [0.29, 0.717) is 5.75 Å². The van der Waals surface area contributed by atoms with Gasteiger partial charge in [-0.25, -0.2) is 14.8 Å². The molecule has 0 amide bonds. The third kappa shape index (κ3) is 2.63. The molecule has 0 aliphatic heterocycles. The van der Waals surface area contributed by atoms with E-state index in [9.17, 15) is 4.79 Å². The lowest BCUT2D eigenvalue weighted by Crippen LogP contribution is -2.02. The first kappa shape index (κ1) is 12.0. The summed E-state index contributed by atoms with van der Waals surface area (Å²) in [5.41, 5.74) is 2.02. The van der Waals surface area contributed by atoms with Crippen molar-refractivity contribution in [2.24, 2.45) is 0 Å². The lowest BCUT2D eigenvalue weighted by Gasteiger charge is -2.08. The summed E-state index contributed by atoms with van der Waals surface area (Å²) in [7, 11) is 0. The number of carboxylic acids is 1. The molecule has 0 saturated heterocycles. The summed E-state index contributed by atoms with van der Waals surface area (Å²) in [6.45, 7) is 3.88. The van der Waals surface area contributed by atoms with Gasteiger partial charge in [0.25, 0.3) is 0 Å². The molecule has 1 aromatic heterocycles. The van der Waals surface area contributed by atoms with Gasteiger partial charge in [0.2, 0.25) is 5.88 Å². The van der Waals surface area contributed by atoms with Crippen molar-refractivity contribution in [1.82, 2.24) is 9.97 Å². The van der Waals surface area contributed by atoms with E-state index in [4.69, 9.17) is 9.84 Å². The Kier molecular flexibility index (Phi) is 3.23. The van der Waals surface area contributed by atoms with E-state index < -0.39 is 5.97 Å². The van der Waals surface area contributed by atoms with Crippen LogP contribution in [0.4, 0.5) is 0 Å². The van der Waals surface area contributed by atoms with Crippen LogP contribution in [-0.4, -0.2) is 21.0 Å². The smallest absolute Gasteiger partial charge is 0.342 e. The maximum atomic E-state index is 11.0. The number of rotatable bonds is 3. The van der Waals surface area contributed by atoms with Crippen LogP contribution in [0.2, 0.25) is 0 Å². The third-order valence-electron chi connectivity index (χ3n) is 2.32. The van der Waals surface area contributed by atoms with Gasteiger partial charge in [-0.1, -0.05) is 6.07 Å². The first-order chi connectivity index (χ1) is 8.56. The minimum atomic E-state index is -1.12. The second-order valence-electron chi connectivity index (χ2n) is 3.97. The zero-order chi connectivity index (χ0) is 13.1. The molecular weight excluding hydrogens is 232 g/mol. The molecule has 5 heteroatoms. The average Bonchev–Trinajstić information content (AvgIpc) is 2.27. The minimum Gasteiger partial charge on any atom is -0.477 e. The molecule has 0 atom stereocenters. The average molecular weight is 244 g/mol. The van der Waals surface area contributed by atoms with Gasteiger partial charge in [0.1, 0.15) is 17.6 Å². The topological polar surface area (TPSA) is 72.3 Å². The molecule has 0 bridgehead atoms. The summed E-state index contributed by atoms with van der Waals surface area (Å²) >= 11 is 0. The molecule has 2 aromatic rings. The van der Waals surface area contributed by atoms with Crippen LogP contribution >= 0.6 is 0 Å². The van der Waals surface area contributed by atoms with Crippen LogP contribution in [0.1, 0.15) is 21.5 Å². The van der Waals surface area contributed by atoms with Crippen LogP contribution in [0.5, 0.6) is 11.6 Å². The van der Waals surface area contributed by atoms with Gasteiger partial charge >= 0.3 is 5.97 Å². The normalized spacial score (nSPS) is 10.1. The summed E-state index contributed by atoms with van der Waals surface area (Å²) in [4.78, 5) is 18.5. The van der Waals surface area contributed by atoms with Crippen molar-refractivity contribution < 1.29 is 14.6 Å². The highest BCUT2D eigenvalue weighted by Gasteiger charge is 2.13. The highest BCUT2D eigenvalue weighted by molar-refractivity contribution is 5.89. The van der Waals surface area contributed by atoms with E-state index in [1.54, 1.807) is 0 Å². The number of nitrogens with zero attached hydrogens (tertiary/aromatic N) is 2. The summed E-state index contributed by atoms with van der Waals surface area (Å²) < 4.78 is 5.50. The Morgan fingerprint density at radius 2 is 1.89 bits per heavy atom. The molecule has 92 valence electrons. The Balaban J connectivity index is 2.37. The predicted octanol–water partition coefficient (Wildman–Crippen LogP) is 2.58. The molecule has 2 rings (SSSR count). The van der Waals surface area contributed by atoms with Crippen molar-refractivity contribution in [2.75, 3.05) is 0 Å². The number of aryl methyl sites for hydroxylation is 2. The maximum absolute atomic E-state index is 11.0. The minimum absolute atomic E-state index is 0.0440. The molecule has 0 fully saturated rings. The van der Waals surface area contributed by atoms with E-state index in [0.717, 1.165) is 11.1 Å². The Labute approximate surface area is 104 Å². The molecule has 5 nitrogen and oxygen atoms in total. The molecule has 1 heterocycles. The molecule has 1 N–H and O–H groups in total. The fraction of sp³-hybridized carbons (Fsp3) is 0.154. The van der Waals surface area contributed by atoms with Crippen molar-refractivity contribution in [3.05, 3.63) is 47.4 Å². The lowest BCUT2D eigenvalue weighted by molar-refractivity contribution is 0.0693.